The Morgan fingerprint density at radius 2 is 2.05 bits per heavy atom. The SMILES string of the molecule is CCCCOc1ccc(-c2nn(-c3ccccc3)cc2/C=C2\SC(N3CCC[C@H](C)C3)=NC2=O)cc1Cl. The Morgan fingerprint density at radius 3 is 2.81 bits per heavy atom. The highest BCUT2D eigenvalue weighted by Gasteiger charge is 2.29. The summed E-state index contributed by atoms with van der Waals surface area (Å²) in [5.41, 5.74) is 3.37. The van der Waals surface area contributed by atoms with Crippen molar-refractivity contribution in [3.8, 4) is 22.7 Å². The fourth-order valence-corrected chi connectivity index (χ4v) is 5.73. The van der Waals surface area contributed by atoms with Gasteiger partial charge in [-0.1, -0.05) is 50.1 Å². The molecule has 6 nitrogen and oxygen atoms in total. The number of unbranched alkanes of at least 4 members (excludes halogenated alkanes) is 1. The van der Waals surface area contributed by atoms with E-state index in [4.69, 9.17) is 21.4 Å². The number of aliphatic imine (C=N–C) groups is 1. The van der Waals surface area contributed by atoms with Crippen LogP contribution in [0.1, 0.15) is 45.1 Å². The second-order valence-corrected chi connectivity index (χ2v) is 11.0. The summed E-state index contributed by atoms with van der Waals surface area (Å²) in [7, 11) is 0. The van der Waals surface area contributed by atoms with Crippen molar-refractivity contribution >= 4 is 40.5 Å². The maximum Gasteiger partial charge on any atom is 0.286 e. The van der Waals surface area contributed by atoms with E-state index in [1.54, 1.807) is 0 Å². The van der Waals surface area contributed by atoms with Crippen molar-refractivity contribution in [3.05, 3.63) is 70.2 Å². The van der Waals surface area contributed by atoms with E-state index in [0.29, 0.717) is 28.2 Å². The number of hydrogen-bond donors (Lipinski definition) is 0. The molecule has 0 aliphatic carbocycles. The molecule has 0 bridgehead atoms. The molecular formula is C29H31ClN4O2S. The summed E-state index contributed by atoms with van der Waals surface area (Å²) >= 11 is 8.04. The highest BCUT2D eigenvalue weighted by atomic mass is 35.5. The number of piperidine rings is 1. The van der Waals surface area contributed by atoms with Crippen molar-refractivity contribution in [2.75, 3.05) is 19.7 Å². The number of carbonyl (C=O) groups excluding carboxylic acids is 1. The Bertz CT molecular complexity index is 1330. The number of rotatable bonds is 7. The van der Waals surface area contributed by atoms with Gasteiger partial charge in [0, 0.05) is 30.4 Å². The lowest BCUT2D eigenvalue weighted by Crippen LogP contribution is -2.37. The number of ether oxygens (including phenoxy) is 1. The van der Waals surface area contributed by atoms with Crippen molar-refractivity contribution < 1.29 is 9.53 Å². The number of carbonyl (C=O) groups is 1. The second-order valence-electron chi connectivity index (χ2n) is 9.56. The maximum atomic E-state index is 12.9. The first kappa shape index (κ1) is 25.6. The lowest BCUT2D eigenvalue weighted by Gasteiger charge is -2.31. The van der Waals surface area contributed by atoms with Gasteiger partial charge in [-0.25, -0.2) is 4.68 Å². The van der Waals surface area contributed by atoms with Gasteiger partial charge in [0.15, 0.2) is 5.17 Å². The zero-order valence-corrected chi connectivity index (χ0v) is 22.8. The van der Waals surface area contributed by atoms with E-state index in [1.807, 2.05) is 65.5 Å². The molecule has 0 N–H and O–H groups in total. The molecule has 5 rings (SSSR count). The molecule has 2 aliphatic heterocycles. The largest absolute Gasteiger partial charge is 0.492 e. The van der Waals surface area contributed by atoms with E-state index in [9.17, 15) is 4.79 Å². The summed E-state index contributed by atoms with van der Waals surface area (Å²) in [5.74, 6) is 1.07. The Morgan fingerprint density at radius 1 is 1.22 bits per heavy atom. The first-order valence-corrected chi connectivity index (χ1v) is 14.1. The normalized spacial score (nSPS) is 18.9. The van der Waals surface area contributed by atoms with E-state index >= 15 is 0 Å². The smallest absolute Gasteiger partial charge is 0.286 e. The highest BCUT2D eigenvalue weighted by Crippen LogP contribution is 2.36. The Kier molecular flexibility index (Phi) is 8.01. The van der Waals surface area contributed by atoms with Crippen LogP contribution in [0.15, 0.2) is 64.6 Å². The first-order valence-electron chi connectivity index (χ1n) is 12.9. The van der Waals surface area contributed by atoms with Crippen LogP contribution in [0, 0.1) is 5.92 Å². The molecule has 1 atom stereocenters. The van der Waals surface area contributed by atoms with Gasteiger partial charge in [-0.3, -0.25) is 4.79 Å². The lowest BCUT2D eigenvalue weighted by molar-refractivity contribution is -0.113. The zero-order valence-electron chi connectivity index (χ0n) is 21.2. The molecule has 8 heteroatoms. The number of benzene rings is 2. The molecule has 0 radical (unpaired) electrons. The van der Waals surface area contributed by atoms with Crippen LogP contribution in [-0.2, 0) is 4.79 Å². The monoisotopic (exact) mass is 534 g/mol. The molecule has 3 heterocycles. The van der Waals surface area contributed by atoms with Crippen molar-refractivity contribution in [1.29, 1.82) is 0 Å². The molecule has 2 aliphatic rings. The lowest BCUT2D eigenvalue weighted by atomic mass is 10.0. The van der Waals surface area contributed by atoms with E-state index in [-0.39, 0.29) is 5.91 Å². The van der Waals surface area contributed by atoms with Gasteiger partial charge < -0.3 is 9.64 Å². The summed E-state index contributed by atoms with van der Waals surface area (Å²) in [4.78, 5) is 20.1. The number of halogens is 1. The predicted octanol–water partition coefficient (Wildman–Crippen LogP) is 7.07. The van der Waals surface area contributed by atoms with Gasteiger partial charge in [0.05, 0.1) is 22.2 Å². The van der Waals surface area contributed by atoms with E-state index in [0.717, 1.165) is 60.0 Å². The average molecular weight is 535 g/mol. The van der Waals surface area contributed by atoms with Crippen LogP contribution < -0.4 is 4.74 Å². The number of aromatic nitrogens is 2. The fourth-order valence-electron chi connectivity index (χ4n) is 4.56. The summed E-state index contributed by atoms with van der Waals surface area (Å²) in [6.07, 6.45) is 8.23. The predicted molar refractivity (Wildman–Crippen MR) is 152 cm³/mol. The molecule has 1 fully saturated rings. The zero-order chi connectivity index (χ0) is 25.8. The summed E-state index contributed by atoms with van der Waals surface area (Å²) < 4.78 is 7.67. The van der Waals surface area contributed by atoms with Crippen LogP contribution in [0.2, 0.25) is 5.02 Å². The summed E-state index contributed by atoms with van der Waals surface area (Å²) in [6.45, 7) is 6.89. The van der Waals surface area contributed by atoms with Gasteiger partial charge in [-0.15, -0.1) is 0 Å². The van der Waals surface area contributed by atoms with Gasteiger partial charge in [-0.05, 0) is 73.4 Å². The third-order valence-electron chi connectivity index (χ3n) is 6.55. The highest BCUT2D eigenvalue weighted by molar-refractivity contribution is 8.18. The molecule has 1 aromatic heterocycles. The minimum Gasteiger partial charge on any atom is -0.492 e. The fraction of sp³-hybridized carbons (Fsp3) is 0.345. The number of likely N-dealkylation sites (tertiary alicyclic amines) is 1. The molecule has 192 valence electrons. The Labute approximate surface area is 227 Å². The van der Waals surface area contributed by atoms with Crippen molar-refractivity contribution in [3.63, 3.8) is 0 Å². The van der Waals surface area contributed by atoms with Crippen molar-refractivity contribution in [1.82, 2.24) is 14.7 Å². The summed E-state index contributed by atoms with van der Waals surface area (Å²) in [5, 5.41) is 6.23. The second kappa shape index (κ2) is 11.6. The molecular weight excluding hydrogens is 504 g/mol. The average Bonchev–Trinajstić information content (AvgIpc) is 3.49. The van der Waals surface area contributed by atoms with Crippen LogP contribution in [0.25, 0.3) is 23.0 Å². The summed E-state index contributed by atoms with van der Waals surface area (Å²) in [6, 6.07) is 15.7. The molecule has 0 unspecified atom stereocenters. The Hall–Kier alpha value is -3.03. The van der Waals surface area contributed by atoms with Crippen LogP contribution in [0.3, 0.4) is 0 Å². The van der Waals surface area contributed by atoms with Crippen molar-refractivity contribution in [2.24, 2.45) is 10.9 Å². The van der Waals surface area contributed by atoms with Gasteiger partial charge in [0.25, 0.3) is 5.91 Å². The van der Waals surface area contributed by atoms with Gasteiger partial charge >= 0.3 is 0 Å². The number of nitrogens with zero attached hydrogens (tertiary/aromatic N) is 4. The van der Waals surface area contributed by atoms with Crippen molar-refractivity contribution in [2.45, 2.75) is 39.5 Å². The van der Waals surface area contributed by atoms with Gasteiger partial charge in [0.2, 0.25) is 0 Å². The van der Waals surface area contributed by atoms with E-state index < -0.39 is 0 Å². The number of amidine groups is 1. The number of para-hydroxylation sites is 1. The quantitative estimate of drug-likeness (QED) is 0.239. The minimum atomic E-state index is -0.200. The van der Waals surface area contributed by atoms with Gasteiger partial charge in [0.1, 0.15) is 11.4 Å². The first-order chi connectivity index (χ1) is 18.0. The standard InChI is InChI=1S/C29H31ClN4O2S/c1-3-4-15-36-25-13-12-21(16-24(25)30)27-22(19-34(32-27)23-10-6-5-7-11-23)17-26-28(35)31-29(37-26)33-14-8-9-20(2)18-33/h5-7,10-13,16-17,19-20H,3-4,8-9,14-15,18H2,1-2H3/b26-17-/t20-/m0/s1. The van der Waals surface area contributed by atoms with Crippen LogP contribution in [0.5, 0.6) is 5.75 Å². The Balaban J connectivity index is 1.47. The third-order valence-corrected chi connectivity index (χ3v) is 7.89. The van der Waals surface area contributed by atoms with Crippen LogP contribution >= 0.6 is 23.4 Å². The van der Waals surface area contributed by atoms with Crippen LogP contribution in [0.4, 0.5) is 0 Å². The number of amides is 1. The minimum absolute atomic E-state index is 0.200. The molecule has 3 aromatic rings. The molecule has 0 spiro atoms. The van der Waals surface area contributed by atoms with Gasteiger partial charge in [-0.2, -0.15) is 10.1 Å². The molecule has 0 saturated carbocycles. The third kappa shape index (κ3) is 5.94. The van der Waals surface area contributed by atoms with E-state index in [1.165, 1.54) is 18.2 Å². The molecule has 1 saturated heterocycles. The molecule has 37 heavy (non-hydrogen) atoms. The number of thioether (sulfide) groups is 1. The topological polar surface area (TPSA) is 59.7 Å². The molecule has 2 aromatic carbocycles. The van der Waals surface area contributed by atoms with Crippen LogP contribution in [-0.4, -0.2) is 45.5 Å². The maximum absolute atomic E-state index is 12.9. The molecule has 1 amide bonds. The number of hydrogen-bond acceptors (Lipinski definition) is 5. The van der Waals surface area contributed by atoms with E-state index in [2.05, 4.69) is 23.7 Å².